The van der Waals surface area contributed by atoms with Crippen LogP contribution >= 0.6 is 22.6 Å². The summed E-state index contributed by atoms with van der Waals surface area (Å²) in [5.41, 5.74) is 1.77. The second-order valence-corrected chi connectivity index (χ2v) is 7.88. The van der Waals surface area contributed by atoms with Crippen molar-refractivity contribution in [3.05, 3.63) is 58.2 Å². The van der Waals surface area contributed by atoms with Crippen molar-refractivity contribution in [2.75, 3.05) is 17.2 Å². The minimum atomic E-state index is -0.363. The zero-order valence-electron chi connectivity index (χ0n) is 15.5. The van der Waals surface area contributed by atoms with Gasteiger partial charge in [0.15, 0.2) is 0 Å². The number of rotatable bonds is 7. The summed E-state index contributed by atoms with van der Waals surface area (Å²) < 4.78 is 15.1. The Labute approximate surface area is 176 Å². The molecule has 0 aliphatic rings. The topological polar surface area (TPSA) is 83.0 Å². The maximum Gasteiger partial charge on any atom is 0.225 e. The number of hydrogen-bond acceptors (Lipinski definition) is 6. The highest BCUT2D eigenvalue weighted by atomic mass is 127. The molecule has 0 radical (unpaired) electrons. The highest BCUT2D eigenvalue weighted by molar-refractivity contribution is 14.1. The molecule has 0 aliphatic carbocycles. The Hall–Kier alpha value is -2.33. The molecule has 1 atom stereocenters. The number of anilines is 3. The van der Waals surface area contributed by atoms with Crippen molar-refractivity contribution in [1.82, 2.24) is 15.0 Å². The van der Waals surface area contributed by atoms with Crippen LogP contribution in [-0.2, 0) is 0 Å². The fraction of sp³-hybridized carbons (Fsp3) is 0.250. The van der Waals surface area contributed by atoms with Gasteiger partial charge in [-0.15, -0.1) is 0 Å². The van der Waals surface area contributed by atoms with Gasteiger partial charge in [-0.2, -0.15) is 4.98 Å². The SMILES string of the molecule is CC(C)[C@H](CO)Nc1nc(Nc2ccc(I)cc2F)cc(-c2cccnc2)n1. The maximum absolute atomic E-state index is 14.3. The van der Waals surface area contributed by atoms with Crippen LogP contribution in [0.2, 0.25) is 0 Å². The van der Waals surface area contributed by atoms with E-state index in [1.807, 2.05) is 32.0 Å². The van der Waals surface area contributed by atoms with Gasteiger partial charge in [0.2, 0.25) is 5.95 Å². The van der Waals surface area contributed by atoms with E-state index in [-0.39, 0.29) is 24.4 Å². The van der Waals surface area contributed by atoms with E-state index >= 15 is 0 Å². The number of halogens is 2. The number of pyridine rings is 1. The lowest BCUT2D eigenvalue weighted by molar-refractivity contribution is 0.248. The zero-order valence-corrected chi connectivity index (χ0v) is 17.7. The van der Waals surface area contributed by atoms with Gasteiger partial charge in [0, 0.05) is 27.6 Å². The van der Waals surface area contributed by atoms with Crippen molar-refractivity contribution in [3.8, 4) is 11.3 Å². The summed E-state index contributed by atoms with van der Waals surface area (Å²) in [6.45, 7) is 3.95. The van der Waals surface area contributed by atoms with Gasteiger partial charge in [-0.05, 0) is 58.8 Å². The Balaban J connectivity index is 1.99. The molecular formula is C20H21FIN5O. The van der Waals surface area contributed by atoms with Gasteiger partial charge in [-0.1, -0.05) is 13.8 Å². The third kappa shape index (κ3) is 5.14. The van der Waals surface area contributed by atoms with Gasteiger partial charge in [0.05, 0.1) is 24.0 Å². The zero-order chi connectivity index (χ0) is 20.1. The standard InChI is InChI=1S/C20H21FIN5O/c1-12(2)18(11-28)26-20-25-17(13-4-3-7-23-10-13)9-19(27-20)24-16-6-5-14(22)8-15(16)21/h3-10,12,18,28H,11H2,1-2H3,(H2,24,25,26,27)/t18-/m0/s1. The van der Waals surface area contributed by atoms with Crippen LogP contribution in [0.1, 0.15) is 13.8 Å². The van der Waals surface area contributed by atoms with Crippen molar-refractivity contribution in [1.29, 1.82) is 0 Å². The van der Waals surface area contributed by atoms with Crippen molar-refractivity contribution in [3.63, 3.8) is 0 Å². The van der Waals surface area contributed by atoms with Crippen molar-refractivity contribution in [2.45, 2.75) is 19.9 Å². The number of hydrogen-bond donors (Lipinski definition) is 3. The van der Waals surface area contributed by atoms with E-state index in [0.717, 1.165) is 9.13 Å². The van der Waals surface area contributed by atoms with E-state index in [1.54, 1.807) is 24.5 Å². The van der Waals surface area contributed by atoms with E-state index in [1.165, 1.54) is 6.07 Å². The highest BCUT2D eigenvalue weighted by Crippen LogP contribution is 2.25. The molecule has 2 aromatic heterocycles. The normalized spacial score (nSPS) is 12.1. The molecule has 0 saturated carbocycles. The summed E-state index contributed by atoms with van der Waals surface area (Å²) in [6.07, 6.45) is 3.39. The number of benzene rings is 1. The third-order valence-electron chi connectivity index (χ3n) is 4.19. The molecule has 28 heavy (non-hydrogen) atoms. The van der Waals surface area contributed by atoms with Crippen molar-refractivity contribution in [2.24, 2.45) is 5.92 Å². The molecule has 8 heteroatoms. The Morgan fingerprint density at radius 2 is 2.00 bits per heavy atom. The fourth-order valence-corrected chi connectivity index (χ4v) is 3.01. The smallest absolute Gasteiger partial charge is 0.225 e. The summed E-state index contributed by atoms with van der Waals surface area (Å²) in [4.78, 5) is 13.1. The molecule has 0 unspecified atom stereocenters. The first-order valence-electron chi connectivity index (χ1n) is 8.85. The molecule has 0 fully saturated rings. The molecule has 146 valence electrons. The number of aliphatic hydroxyl groups excluding tert-OH is 1. The molecule has 1 aromatic carbocycles. The average Bonchev–Trinajstić information content (AvgIpc) is 2.68. The first-order valence-corrected chi connectivity index (χ1v) is 9.93. The van der Waals surface area contributed by atoms with Gasteiger partial charge in [-0.25, -0.2) is 9.37 Å². The Morgan fingerprint density at radius 1 is 1.18 bits per heavy atom. The monoisotopic (exact) mass is 493 g/mol. The molecule has 0 spiro atoms. The first-order chi connectivity index (χ1) is 13.5. The van der Waals surface area contributed by atoms with Crippen LogP contribution < -0.4 is 10.6 Å². The lowest BCUT2D eigenvalue weighted by Crippen LogP contribution is -2.30. The second-order valence-electron chi connectivity index (χ2n) is 6.63. The predicted octanol–water partition coefficient (Wildman–Crippen LogP) is 4.45. The summed E-state index contributed by atoms with van der Waals surface area (Å²) in [7, 11) is 0. The van der Waals surface area contributed by atoms with Gasteiger partial charge in [0.1, 0.15) is 11.6 Å². The molecular weight excluding hydrogens is 472 g/mol. The molecule has 0 bridgehead atoms. The fourth-order valence-electron chi connectivity index (χ4n) is 2.56. The first kappa shape index (κ1) is 20.4. The van der Waals surface area contributed by atoms with Crippen molar-refractivity contribution >= 4 is 40.0 Å². The van der Waals surface area contributed by atoms with Gasteiger partial charge < -0.3 is 15.7 Å². The van der Waals surface area contributed by atoms with Gasteiger partial charge in [0.25, 0.3) is 0 Å². The summed E-state index contributed by atoms with van der Waals surface area (Å²) in [5.74, 6) is 0.610. The third-order valence-corrected chi connectivity index (χ3v) is 4.86. The van der Waals surface area contributed by atoms with E-state index in [2.05, 4.69) is 48.2 Å². The second kappa shape index (κ2) is 9.24. The van der Waals surface area contributed by atoms with Crippen LogP contribution in [0.3, 0.4) is 0 Å². The van der Waals surface area contributed by atoms with Crippen molar-refractivity contribution < 1.29 is 9.50 Å². The molecule has 0 aliphatic heterocycles. The van der Waals surface area contributed by atoms with Crippen LogP contribution in [0, 0.1) is 15.3 Å². The largest absolute Gasteiger partial charge is 0.394 e. The number of nitrogens with one attached hydrogen (secondary N) is 2. The lowest BCUT2D eigenvalue weighted by Gasteiger charge is -2.20. The van der Waals surface area contributed by atoms with Crippen LogP contribution in [-0.4, -0.2) is 32.7 Å². The van der Waals surface area contributed by atoms with Gasteiger partial charge in [-0.3, -0.25) is 4.98 Å². The molecule has 2 heterocycles. The molecule has 3 aromatic rings. The maximum atomic E-state index is 14.3. The van der Waals surface area contributed by atoms with Crippen LogP contribution in [0.5, 0.6) is 0 Å². The Morgan fingerprint density at radius 3 is 2.64 bits per heavy atom. The summed E-state index contributed by atoms with van der Waals surface area (Å²) in [6, 6.07) is 10.2. The van der Waals surface area contributed by atoms with E-state index < -0.39 is 0 Å². The van der Waals surface area contributed by atoms with Gasteiger partial charge >= 0.3 is 0 Å². The predicted molar refractivity (Wildman–Crippen MR) is 117 cm³/mol. The minimum Gasteiger partial charge on any atom is -0.394 e. The Kier molecular flexibility index (Phi) is 6.74. The highest BCUT2D eigenvalue weighted by Gasteiger charge is 2.15. The Bertz CT molecular complexity index is 939. The van der Waals surface area contributed by atoms with E-state index in [9.17, 15) is 9.50 Å². The number of aromatic nitrogens is 3. The summed E-state index contributed by atoms with van der Waals surface area (Å²) >= 11 is 2.06. The quantitative estimate of drug-likeness (QED) is 0.422. The molecule has 0 saturated heterocycles. The van der Waals surface area contributed by atoms with Crippen LogP contribution in [0.4, 0.5) is 21.8 Å². The van der Waals surface area contributed by atoms with Crippen LogP contribution in [0.25, 0.3) is 11.3 Å². The average molecular weight is 493 g/mol. The summed E-state index contributed by atoms with van der Waals surface area (Å²) in [5, 5.41) is 15.8. The van der Waals surface area contributed by atoms with E-state index in [0.29, 0.717) is 23.1 Å². The van der Waals surface area contributed by atoms with E-state index in [4.69, 9.17) is 0 Å². The molecule has 3 rings (SSSR count). The molecule has 0 amide bonds. The molecule has 3 N–H and O–H groups in total. The molecule has 6 nitrogen and oxygen atoms in total. The minimum absolute atomic E-state index is 0.0489. The lowest BCUT2D eigenvalue weighted by atomic mass is 10.1. The number of nitrogens with zero attached hydrogens (tertiary/aromatic N) is 3. The van der Waals surface area contributed by atoms with Crippen LogP contribution in [0.15, 0.2) is 48.8 Å². The number of aliphatic hydroxyl groups is 1.